The Bertz CT molecular complexity index is 963. The summed E-state index contributed by atoms with van der Waals surface area (Å²) in [5.74, 6) is 3.63. The maximum atomic E-state index is 13.9. The van der Waals surface area contributed by atoms with Crippen molar-refractivity contribution in [1.29, 1.82) is 0 Å². The molecule has 1 aliphatic heterocycles. The van der Waals surface area contributed by atoms with Crippen LogP contribution < -0.4 is 0 Å². The van der Waals surface area contributed by atoms with E-state index >= 15 is 0 Å². The van der Waals surface area contributed by atoms with Crippen LogP contribution in [0.25, 0.3) is 0 Å². The fraction of sp³-hybridized carbons (Fsp3) is 0.613. The molecule has 1 atom stereocenters. The van der Waals surface area contributed by atoms with Gasteiger partial charge in [-0.05, 0) is 106 Å². The zero-order chi connectivity index (χ0) is 23.8. The van der Waals surface area contributed by atoms with Gasteiger partial charge in [-0.15, -0.1) is 0 Å². The van der Waals surface area contributed by atoms with Crippen molar-refractivity contribution in [3.05, 3.63) is 66.0 Å². The summed E-state index contributed by atoms with van der Waals surface area (Å²) < 4.78 is 0. The highest BCUT2D eigenvalue weighted by molar-refractivity contribution is 5.83. The van der Waals surface area contributed by atoms with E-state index in [-0.39, 0.29) is 5.41 Å². The Hall–Kier alpha value is -2.20. The summed E-state index contributed by atoms with van der Waals surface area (Å²) in [6, 6.07) is 15.6. The lowest BCUT2D eigenvalue weighted by molar-refractivity contribution is -0.159. The summed E-state index contributed by atoms with van der Waals surface area (Å²) in [5.41, 5.74) is 2.67. The van der Waals surface area contributed by atoms with Crippen molar-refractivity contribution in [3.63, 3.8) is 0 Å². The molecule has 0 spiro atoms. The van der Waals surface area contributed by atoms with Crippen LogP contribution in [0.4, 0.5) is 0 Å². The van der Waals surface area contributed by atoms with Crippen LogP contribution in [0.2, 0.25) is 0 Å². The lowest BCUT2D eigenvalue weighted by atomic mass is 9.49. The van der Waals surface area contributed by atoms with Gasteiger partial charge < -0.3 is 4.90 Å². The van der Waals surface area contributed by atoms with E-state index < -0.39 is 0 Å². The summed E-state index contributed by atoms with van der Waals surface area (Å²) >= 11 is 0. The normalized spacial score (nSPS) is 31.1. The fourth-order valence-corrected chi connectivity index (χ4v) is 8.63. The number of carbonyl (C=O) groups is 1. The van der Waals surface area contributed by atoms with E-state index in [1.165, 1.54) is 49.7 Å². The standard InChI is InChI=1S/C31H41N3O/c1-33(22-24-8-5-11-32-21-24)29(17-23-6-3-2-4-7-23)28-9-12-34(13-10-28)30(35)31-18-25-14-26(19-31)16-27(15-25)20-31/h2-8,11,21,25-29H,9-10,12-20,22H2,1H3. The van der Waals surface area contributed by atoms with Gasteiger partial charge in [0.2, 0.25) is 5.91 Å². The third kappa shape index (κ3) is 4.79. The van der Waals surface area contributed by atoms with Gasteiger partial charge in [0.05, 0.1) is 5.41 Å². The number of amides is 1. The van der Waals surface area contributed by atoms with Gasteiger partial charge in [0.25, 0.3) is 0 Å². The third-order valence-corrected chi connectivity index (χ3v) is 9.87. The van der Waals surface area contributed by atoms with Crippen LogP contribution in [0.15, 0.2) is 54.9 Å². The Balaban J connectivity index is 1.13. The number of pyridine rings is 1. The molecule has 4 saturated carbocycles. The first-order valence-electron chi connectivity index (χ1n) is 14.0. The molecule has 4 nitrogen and oxygen atoms in total. The van der Waals surface area contributed by atoms with Crippen molar-refractivity contribution in [2.75, 3.05) is 20.1 Å². The van der Waals surface area contributed by atoms with Gasteiger partial charge in [0.15, 0.2) is 0 Å². The van der Waals surface area contributed by atoms with Gasteiger partial charge >= 0.3 is 0 Å². The van der Waals surface area contributed by atoms with Gasteiger partial charge in [-0.1, -0.05) is 36.4 Å². The first-order chi connectivity index (χ1) is 17.1. The fourth-order valence-electron chi connectivity index (χ4n) is 8.63. The van der Waals surface area contributed by atoms with Crippen molar-refractivity contribution in [1.82, 2.24) is 14.8 Å². The Kier molecular flexibility index (Phi) is 6.43. The second kappa shape index (κ2) is 9.69. The van der Waals surface area contributed by atoms with E-state index in [1.54, 1.807) is 0 Å². The number of hydrogen-bond acceptors (Lipinski definition) is 3. The molecule has 4 bridgehead atoms. The molecule has 1 unspecified atom stereocenters. The summed E-state index contributed by atoms with van der Waals surface area (Å²) in [5, 5.41) is 0. The lowest BCUT2D eigenvalue weighted by Crippen LogP contribution is -2.56. The van der Waals surface area contributed by atoms with Crippen molar-refractivity contribution in [2.24, 2.45) is 29.1 Å². The minimum Gasteiger partial charge on any atom is -0.342 e. The van der Waals surface area contributed by atoms with Gasteiger partial charge in [0.1, 0.15) is 0 Å². The molecule has 5 fully saturated rings. The van der Waals surface area contributed by atoms with Crippen LogP contribution in [-0.4, -0.2) is 46.9 Å². The first kappa shape index (κ1) is 23.2. The number of carbonyl (C=O) groups excluding carboxylic acids is 1. The number of piperidine rings is 1. The second-order valence-electron chi connectivity index (χ2n) is 12.4. The molecule has 4 aliphatic carbocycles. The monoisotopic (exact) mass is 471 g/mol. The molecule has 7 rings (SSSR count). The largest absolute Gasteiger partial charge is 0.342 e. The van der Waals surface area contributed by atoms with Crippen molar-refractivity contribution in [3.8, 4) is 0 Å². The van der Waals surface area contributed by atoms with E-state index in [4.69, 9.17) is 0 Å². The Morgan fingerprint density at radius 3 is 2.20 bits per heavy atom. The lowest BCUT2D eigenvalue weighted by Gasteiger charge is -2.57. The Labute approximate surface area is 211 Å². The van der Waals surface area contributed by atoms with Gasteiger partial charge in [-0.3, -0.25) is 14.7 Å². The van der Waals surface area contributed by atoms with Gasteiger partial charge in [0, 0.05) is 38.1 Å². The molecule has 2 aromatic rings. The first-order valence-corrected chi connectivity index (χ1v) is 14.0. The maximum absolute atomic E-state index is 13.9. The molecule has 1 aromatic carbocycles. The number of likely N-dealkylation sites (N-methyl/N-ethyl adjacent to an activating group) is 1. The van der Waals surface area contributed by atoms with Crippen LogP contribution in [0.1, 0.15) is 62.5 Å². The van der Waals surface area contributed by atoms with Crippen LogP contribution in [-0.2, 0) is 17.8 Å². The molecular formula is C31H41N3O. The number of benzene rings is 1. The Morgan fingerprint density at radius 2 is 1.60 bits per heavy atom. The second-order valence-corrected chi connectivity index (χ2v) is 12.4. The van der Waals surface area contributed by atoms with Crippen LogP contribution in [0, 0.1) is 29.1 Å². The molecule has 4 heteroatoms. The number of likely N-dealkylation sites (tertiary alicyclic amines) is 1. The zero-order valence-electron chi connectivity index (χ0n) is 21.3. The van der Waals surface area contributed by atoms with E-state index in [9.17, 15) is 4.79 Å². The number of hydrogen-bond donors (Lipinski definition) is 0. The minimum absolute atomic E-state index is 0.00211. The topological polar surface area (TPSA) is 36.4 Å². The summed E-state index contributed by atoms with van der Waals surface area (Å²) in [6.45, 7) is 2.80. The average Bonchev–Trinajstić information content (AvgIpc) is 2.87. The third-order valence-electron chi connectivity index (χ3n) is 9.87. The van der Waals surface area contributed by atoms with E-state index in [0.29, 0.717) is 17.9 Å². The summed E-state index contributed by atoms with van der Waals surface area (Å²) in [4.78, 5) is 23.0. The number of nitrogens with zero attached hydrogens (tertiary/aromatic N) is 3. The average molecular weight is 472 g/mol. The van der Waals surface area contributed by atoms with E-state index in [0.717, 1.165) is 56.7 Å². The highest BCUT2D eigenvalue weighted by atomic mass is 16.2. The number of aromatic nitrogens is 1. The molecular weight excluding hydrogens is 430 g/mol. The molecule has 186 valence electrons. The SMILES string of the molecule is CN(Cc1cccnc1)C(Cc1ccccc1)C1CCN(C(=O)C23CC4CC(CC(C4)C2)C3)CC1. The maximum Gasteiger partial charge on any atom is 0.228 e. The zero-order valence-corrected chi connectivity index (χ0v) is 21.3. The highest BCUT2D eigenvalue weighted by Crippen LogP contribution is 2.60. The number of rotatable bonds is 7. The van der Waals surface area contributed by atoms with Crippen LogP contribution >= 0.6 is 0 Å². The molecule has 0 N–H and O–H groups in total. The predicted molar refractivity (Wildman–Crippen MR) is 140 cm³/mol. The molecule has 1 saturated heterocycles. The van der Waals surface area contributed by atoms with Crippen molar-refractivity contribution in [2.45, 2.75) is 70.4 Å². The quantitative estimate of drug-likeness (QED) is 0.529. The highest BCUT2D eigenvalue weighted by Gasteiger charge is 2.55. The summed E-state index contributed by atoms with van der Waals surface area (Å²) in [6.07, 6.45) is 14.9. The van der Waals surface area contributed by atoms with Crippen LogP contribution in [0.3, 0.4) is 0 Å². The van der Waals surface area contributed by atoms with E-state index in [1.807, 2.05) is 18.5 Å². The molecule has 2 heterocycles. The van der Waals surface area contributed by atoms with Gasteiger partial charge in [-0.2, -0.15) is 0 Å². The van der Waals surface area contributed by atoms with Gasteiger partial charge in [-0.25, -0.2) is 0 Å². The predicted octanol–water partition coefficient (Wildman–Crippen LogP) is 5.58. The Morgan fingerprint density at radius 1 is 0.971 bits per heavy atom. The smallest absolute Gasteiger partial charge is 0.228 e. The molecule has 0 radical (unpaired) electrons. The molecule has 1 aromatic heterocycles. The molecule has 5 aliphatic rings. The van der Waals surface area contributed by atoms with Crippen molar-refractivity contribution >= 4 is 5.91 Å². The minimum atomic E-state index is 0.00211. The van der Waals surface area contributed by atoms with E-state index in [2.05, 4.69) is 58.2 Å². The summed E-state index contributed by atoms with van der Waals surface area (Å²) in [7, 11) is 2.27. The molecule has 1 amide bonds. The molecule has 35 heavy (non-hydrogen) atoms. The van der Waals surface area contributed by atoms with Crippen LogP contribution in [0.5, 0.6) is 0 Å². The van der Waals surface area contributed by atoms with Crippen molar-refractivity contribution < 1.29 is 4.79 Å².